The molecule has 0 bridgehead atoms. The number of nitrogens with one attached hydrogen (secondary N) is 1. The van der Waals surface area contributed by atoms with E-state index < -0.39 is 0 Å². The topological polar surface area (TPSA) is 35.5 Å². The van der Waals surface area contributed by atoms with Gasteiger partial charge in [-0.05, 0) is 30.4 Å². The molecule has 0 saturated carbocycles. The van der Waals surface area contributed by atoms with E-state index in [-0.39, 0.29) is 12.4 Å². The highest BCUT2D eigenvalue weighted by atomic mass is 19.1. The van der Waals surface area contributed by atoms with Gasteiger partial charge in [0.15, 0.2) is 0 Å². The van der Waals surface area contributed by atoms with E-state index in [0.717, 1.165) is 37.2 Å². The molecule has 0 aromatic heterocycles. The number of aliphatic hydroxyl groups excluding tert-OH is 1. The highest BCUT2D eigenvalue weighted by molar-refractivity contribution is 5.55. The van der Waals surface area contributed by atoms with E-state index in [1.54, 1.807) is 6.07 Å². The number of nitrogens with zero attached hydrogens (tertiary/aromatic N) is 1. The number of para-hydroxylation sites is 1. The Hall–Kier alpha value is -1.13. The summed E-state index contributed by atoms with van der Waals surface area (Å²) in [6.45, 7) is 6.80. The molecule has 3 nitrogen and oxygen atoms in total. The number of hydrogen-bond donors (Lipinski definition) is 2. The molecule has 1 aromatic carbocycles. The molecule has 1 aromatic rings. The summed E-state index contributed by atoms with van der Waals surface area (Å²) in [5.74, 6) is 0.336. The maximum absolute atomic E-state index is 14.2. The average Bonchev–Trinajstić information content (AvgIpc) is 2.85. The lowest BCUT2D eigenvalue weighted by molar-refractivity contribution is 0.263. The Balaban J connectivity index is 2.13. The Kier molecular flexibility index (Phi) is 5.38. The van der Waals surface area contributed by atoms with Crippen LogP contribution in [-0.4, -0.2) is 30.8 Å². The molecule has 112 valence electrons. The van der Waals surface area contributed by atoms with E-state index in [2.05, 4.69) is 24.1 Å². The Morgan fingerprint density at radius 3 is 2.95 bits per heavy atom. The Labute approximate surface area is 120 Å². The van der Waals surface area contributed by atoms with Crippen molar-refractivity contribution in [3.05, 3.63) is 29.6 Å². The van der Waals surface area contributed by atoms with Crippen molar-refractivity contribution in [2.45, 2.75) is 39.3 Å². The predicted octanol–water partition coefficient (Wildman–Crippen LogP) is 2.53. The summed E-state index contributed by atoms with van der Waals surface area (Å²) in [7, 11) is 0. The molecular weight excluding hydrogens is 255 g/mol. The zero-order valence-electron chi connectivity index (χ0n) is 12.4. The summed E-state index contributed by atoms with van der Waals surface area (Å²) in [5, 5.41) is 12.4. The summed E-state index contributed by atoms with van der Waals surface area (Å²) in [6.07, 6.45) is 1.84. The minimum atomic E-state index is -0.141. The van der Waals surface area contributed by atoms with Gasteiger partial charge in [-0.1, -0.05) is 26.0 Å². The van der Waals surface area contributed by atoms with Gasteiger partial charge in [0.25, 0.3) is 0 Å². The molecule has 1 aliphatic rings. The maximum atomic E-state index is 14.2. The second-order valence-electron chi connectivity index (χ2n) is 5.90. The molecule has 0 radical (unpaired) electrons. The van der Waals surface area contributed by atoms with Gasteiger partial charge in [-0.25, -0.2) is 4.39 Å². The number of rotatable bonds is 6. The first-order chi connectivity index (χ1) is 9.61. The van der Waals surface area contributed by atoms with Crippen LogP contribution in [0, 0.1) is 11.7 Å². The van der Waals surface area contributed by atoms with Crippen LogP contribution >= 0.6 is 0 Å². The first kappa shape index (κ1) is 15.3. The van der Waals surface area contributed by atoms with Crippen LogP contribution in [0.15, 0.2) is 18.2 Å². The minimum Gasteiger partial charge on any atom is -0.396 e. The van der Waals surface area contributed by atoms with Gasteiger partial charge < -0.3 is 15.3 Å². The van der Waals surface area contributed by atoms with Crippen LogP contribution in [0.25, 0.3) is 0 Å². The maximum Gasteiger partial charge on any atom is 0.146 e. The van der Waals surface area contributed by atoms with Crippen LogP contribution in [-0.2, 0) is 6.54 Å². The number of anilines is 1. The number of benzene rings is 1. The van der Waals surface area contributed by atoms with Gasteiger partial charge in [0.1, 0.15) is 5.82 Å². The van der Waals surface area contributed by atoms with Gasteiger partial charge in [-0.2, -0.15) is 0 Å². The Morgan fingerprint density at radius 1 is 1.45 bits per heavy atom. The van der Waals surface area contributed by atoms with E-state index in [0.29, 0.717) is 18.5 Å². The third-order valence-corrected chi connectivity index (χ3v) is 3.91. The fraction of sp³-hybridized carbons (Fsp3) is 0.625. The zero-order valence-corrected chi connectivity index (χ0v) is 12.4. The Morgan fingerprint density at radius 2 is 2.25 bits per heavy atom. The molecule has 0 spiro atoms. The van der Waals surface area contributed by atoms with E-state index in [9.17, 15) is 4.39 Å². The third kappa shape index (κ3) is 3.70. The largest absolute Gasteiger partial charge is 0.396 e. The molecule has 0 amide bonds. The van der Waals surface area contributed by atoms with Crippen molar-refractivity contribution in [2.24, 2.45) is 5.92 Å². The predicted molar refractivity (Wildman–Crippen MR) is 80.4 cm³/mol. The number of halogens is 1. The van der Waals surface area contributed by atoms with E-state index in [1.807, 2.05) is 6.07 Å². The molecule has 0 aliphatic carbocycles. The van der Waals surface area contributed by atoms with Gasteiger partial charge in [-0.15, -0.1) is 0 Å². The van der Waals surface area contributed by atoms with Crippen LogP contribution < -0.4 is 10.2 Å². The van der Waals surface area contributed by atoms with E-state index in [4.69, 9.17) is 5.11 Å². The molecule has 20 heavy (non-hydrogen) atoms. The highest BCUT2D eigenvalue weighted by Gasteiger charge is 2.25. The average molecular weight is 280 g/mol. The van der Waals surface area contributed by atoms with E-state index in [1.165, 1.54) is 6.07 Å². The molecule has 1 fully saturated rings. The van der Waals surface area contributed by atoms with Crippen molar-refractivity contribution < 1.29 is 9.50 Å². The van der Waals surface area contributed by atoms with Crippen LogP contribution in [0.5, 0.6) is 0 Å². The van der Waals surface area contributed by atoms with Gasteiger partial charge in [-0.3, -0.25) is 0 Å². The molecule has 4 heteroatoms. The highest BCUT2D eigenvalue weighted by Crippen LogP contribution is 2.30. The monoisotopic (exact) mass is 280 g/mol. The summed E-state index contributed by atoms with van der Waals surface area (Å²) >= 11 is 0. The van der Waals surface area contributed by atoms with Gasteiger partial charge in [0, 0.05) is 32.3 Å². The minimum absolute atomic E-state index is 0.141. The summed E-state index contributed by atoms with van der Waals surface area (Å²) < 4.78 is 14.2. The summed E-state index contributed by atoms with van der Waals surface area (Å²) in [5.41, 5.74) is 1.75. The number of hydrogen-bond acceptors (Lipinski definition) is 3. The van der Waals surface area contributed by atoms with Gasteiger partial charge in [0.05, 0.1) is 5.69 Å². The van der Waals surface area contributed by atoms with Crippen molar-refractivity contribution in [3.63, 3.8) is 0 Å². The standard InChI is InChI=1S/C16H25FN2O/c1-12(2)18-10-14-4-3-5-15(17)16(14)19-8-6-13(11-19)7-9-20/h3-5,12-13,18,20H,6-11H2,1-2H3. The van der Waals surface area contributed by atoms with Crippen molar-refractivity contribution in [2.75, 3.05) is 24.6 Å². The molecule has 2 N–H and O–H groups in total. The SMILES string of the molecule is CC(C)NCc1cccc(F)c1N1CCC(CCO)C1. The molecule has 1 heterocycles. The van der Waals surface area contributed by atoms with Crippen LogP contribution in [0.2, 0.25) is 0 Å². The quantitative estimate of drug-likeness (QED) is 0.840. The fourth-order valence-corrected chi connectivity index (χ4v) is 2.82. The molecule has 1 aliphatic heterocycles. The van der Waals surface area contributed by atoms with Crippen molar-refractivity contribution in [3.8, 4) is 0 Å². The molecule has 1 unspecified atom stereocenters. The number of aliphatic hydroxyl groups is 1. The first-order valence-electron chi connectivity index (χ1n) is 7.48. The molecule has 1 atom stereocenters. The second-order valence-corrected chi connectivity index (χ2v) is 5.90. The van der Waals surface area contributed by atoms with Crippen molar-refractivity contribution >= 4 is 5.69 Å². The fourth-order valence-electron chi connectivity index (χ4n) is 2.82. The third-order valence-electron chi connectivity index (χ3n) is 3.91. The lowest BCUT2D eigenvalue weighted by Gasteiger charge is -2.23. The lowest BCUT2D eigenvalue weighted by atomic mass is 10.1. The van der Waals surface area contributed by atoms with Crippen molar-refractivity contribution in [1.29, 1.82) is 0 Å². The smallest absolute Gasteiger partial charge is 0.146 e. The molecule has 2 rings (SSSR count). The molecular formula is C16H25FN2O. The lowest BCUT2D eigenvalue weighted by Crippen LogP contribution is -2.26. The van der Waals surface area contributed by atoms with Crippen LogP contribution in [0.3, 0.4) is 0 Å². The Bertz CT molecular complexity index is 436. The summed E-state index contributed by atoms with van der Waals surface area (Å²) in [6, 6.07) is 5.69. The zero-order chi connectivity index (χ0) is 14.5. The van der Waals surface area contributed by atoms with Gasteiger partial charge >= 0.3 is 0 Å². The second kappa shape index (κ2) is 7.04. The van der Waals surface area contributed by atoms with Crippen LogP contribution in [0.1, 0.15) is 32.3 Å². The van der Waals surface area contributed by atoms with E-state index >= 15 is 0 Å². The molecule has 1 saturated heterocycles. The van der Waals surface area contributed by atoms with Crippen LogP contribution in [0.4, 0.5) is 10.1 Å². The summed E-state index contributed by atoms with van der Waals surface area (Å²) in [4.78, 5) is 2.13. The first-order valence-corrected chi connectivity index (χ1v) is 7.48. The van der Waals surface area contributed by atoms with Crippen molar-refractivity contribution in [1.82, 2.24) is 5.32 Å². The normalized spacial score (nSPS) is 19.1. The van der Waals surface area contributed by atoms with Gasteiger partial charge in [0.2, 0.25) is 0 Å².